The summed E-state index contributed by atoms with van der Waals surface area (Å²) in [5, 5.41) is 6.85. The first-order valence-electron chi connectivity index (χ1n) is 10.7. The third kappa shape index (κ3) is 6.76. The van der Waals surface area contributed by atoms with Gasteiger partial charge in [0.05, 0.1) is 7.11 Å². The first-order valence-corrected chi connectivity index (χ1v) is 10.7. The van der Waals surface area contributed by atoms with Crippen LogP contribution in [-0.4, -0.2) is 56.1 Å². The van der Waals surface area contributed by atoms with Gasteiger partial charge in [0.25, 0.3) is 0 Å². The average molecular weight is 514 g/mol. The van der Waals surface area contributed by atoms with Crippen LogP contribution in [0.25, 0.3) is 0 Å². The summed E-state index contributed by atoms with van der Waals surface area (Å²) in [7, 11) is 1.70. The van der Waals surface area contributed by atoms with Crippen molar-refractivity contribution in [3.63, 3.8) is 0 Å². The summed E-state index contributed by atoms with van der Waals surface area (Å²) in [6, 6.07) is 8.35. The van der Waals surface area contributed by atoms with E-state index < -0.39 is 0 Å². The van der Waals surface area contributed by atoms with Crippen LogP contribution in [0.5, 0.6) is 5.75 Å². The van der Waals surface area contributed by atoms with Gasteiger partial charge in [-0.05, 0) is 44.2 Å². The number of hydrogen-bond donors (Lipinski definition) is 2. The monoisotopic (exact) mass is 514 g/mol. The summed E-state index contributed by atoms with van der Waals surface area (Å²) in [5.41, 5.74) is 1.17. The summed E-state index contributed by atoms with van der Waals surface area (Å²) in [4.78, 5) is 19.4. The van der Waals surface area contributed by atoms with Crippen molar-refractivity contribution in [2.75, 3.05) is 33.3 Å². The molecule has 2 aliphatic rings. The van der Waals surface area contributed by atoms with Gasteiger partial charge in [-0.15, -0.1) is 24.0 Å². The van der Waals surface area contributed by atoms with E-state index in [1.807, 2.05) is 23.1 Å². The molecule has 29 heavy (non-hydrogen) atoms. The minimum atomic E-state index is 0. The molecule has 1 heterocycles. The van der Waals surface area contributed by atoms with E-state index in [-0.39, 0.29) is 35.9 Å². The number of carbonyl (C=O) groups excluding carboxylic acids is 1. The zero-order valence-electron chi connectivity index (χ0n) is 17.7. The van der Waals surface area contributed by atoms with Gasteiger partial charge in [-0.3, -0.25) is 9.79 Å². The summed E-state index contributed by atoms with van der Waals surface area (Å²) in [6.45, 7) is 5.22. The van der Waals surface area contributed by atoms with E-state index in [2.05, 4.69) is 23.6 Å². The van der Waals surface area contributed by atoms with Gasteiger partial charge in [0.15, 0.2) is 5.96 Å². The van der Waals surface area contributed by atoms with Crippen molar-refractivity contribution in [1.29, 1.82) is 0 Å². The Morgan fingerprint density at radius 1 is 1.24 bits per heavy atom. The highest BCUT2D eigenvalue weighted by atomic mass is 127. The van der Waals surface area contributed by atoms with Crippen LogP contribution in [0.1, 0.15) is 44.6 Å². The molecule has 1 amide bonds. The van der Waals surface area contributed by atoms with Gasteiger partial charge in [-0.2, -0.15) is 0 Å². The van der Waals surface area contributed by atoms with Crippen molar-refractivity contribution in [2.45, 2.75) is 51.5 Å². The molecule has 1 aromatic carbocycles. The van der Waals surface area contributed by atoms with Crippen molar-refractivity contribution in [3.05, 3.63) is 29.8 Å². The van der Waals surface area contributed by atoms with Crippen LogP contribution in [-0.2, 0) is 11.2 Å². The Kier molecular flexibility index (Phi) is 10.0. The van der Waals surface area contributed by atoms with Gasteiger partial charge in [-0.1, -0.05) is 31.0 Å². The molecule has 0 aromatic heterocycles. The van der Waals surface area contributed by atoms with Crippen LogP contribution >= 0.6 is 24.0 Å². The number of guanidine groups is 1. The van der Waals surface area contributed by atoms with Crippen molar-refractivity contribution >= 4 is 35.8 Å². The Morgan fingerprint density at radius 3 is 2.72 bits per heavy atom. The van der Waals surface area contributed by atoms with Crippen LogP contribution in [0.2, 0.25) is 0 Å². The molecule has 2 N–H and O–H groups in total. The van der Waals surface area contributed by atoms with Crippen molar-refractivity contribution in [2.24, 2.45) is 10.9 Å². The van der Waals surface area contributed by atoms with E-state index >= 15 is 0 Å². The summed E-state index contributed by atoms with van der Waals surface area (Å²) < 4.78 is 5.42. The maximum atomic E-state index is 12.6. The minimum absolute atomic E-state index is 0. The standard InChI is InChI=1S/C22H34N4O2.HI/c1-3-23-22(24-14-12-17-8-6-7-11-20(17)28-2)25-19-13-15-26(16-19)21(27)18-9-4-5-10-18;/h6-8,11,18-19H,3-5,9-10,12-16H2,1-2H3,(H2,23,24,25);1H. The van der Waals surface area contributed by atoms with Gasteiger partial charge in [0, 0.05) is 38.1 Å². The van der Waals surface area contributed by atoms with Crippen LogP contribution < -0.4 is 15.4 Å². The molecule has 0 radical (unpaired) electrons. The number of nitrogens with one attached hydrogen (secondary N) is 2. The lowest BCUT2D eigenvalue weighted by Gasteiger charge is -2.21. The van der Waals surface area contributed by atoms with Crippen LogP contribution in [0.15, 0.2) is 29.3 Å². The largest absolute Gasteiger partial charge is 0.496 e. The summed E-state index contributed by atoms with van der Waals surface area (Å²) >= 11 is 0. The minimum Gasteiger partial charge on any atom is -0.496 e. The van der Waals surface area contributed by atoms with Crippen molar-refractivity contribution < 1.29 is 9.53 Å². The maximum Gasteiger partial charge on any atom is 0.225 e. The molecule has 1 saturated carbocycles. The lowest BCUT2D eigenvalue weighted by Crippen LogP contribution is -2.45. The lowest BCUT2D eigenvalue weighted by atomic mass is 10.1. The molecular formula is C22H35IN4O2. The first kappa shape index (κ1) is 23.8. The number of carbonyl (C=O) groups is 1. The van der Waals surface area contributed by atoms with Crippen molar-refractivity contribution in [3.8, 4) is 5.75 Å². The zero-order valence-corrected chi connectivity index (χ0v) is 20.0. The Labute approximate surface area is 191 Å². The fourth-order valence-electron chi connectivity index (χ4n) is 4.22. The molecular weight excluding hydrogens is 479 g/mol. The third-order valence-electron chi connectivity index (χ3n) is 5.73. The maximum absolute atomic E-state index is 12.6. The molecule has 1 aromatic rings. The number of para-hydroxylation sites is 1. The van der Waals surface area contributed by atoms with Crippen LogP contribution in [0.4, 0.5) is 0 Å². The molecule has 3 rings (SSSR count). The molecule has 1 aliphatic carbocycles. The molecule has 162 valence electrons. The molecule has 1 aliphatic heterocycles. The first-order chi connectivity index (χ1) is 13.7. The average Bonchev–Trinajstić information content (AvgIpc) is 3.40. The topological polar surface area (TPSA) is 66.0 Å². The highest BCUT2D eigenvalue weighted by Crippen LogP contribution is 2.27. The number of rotatable bonds is 7. The Hall–Kier alpha value is -1.51. The van der Waals surface area contributed by atoms with Crippen LogP contribution in [0.3, 0.4) is 0 Å². The predicted octanol–water partition coefficient (Wildman–Crippen LogP) is 3.20. The van der Waals surface area contributed by atoms with Gasteiger partial charge in [0.1, 0.15) is 5.75 Å². The number of aliphatic imine (C=N–C) groups is 1. The highest BCUT2D eigenvalue weighted by molar-refractivity contribution is 14.0. The van der Waals surface area contributed by atoms with E-state index in [4.69, 9.17) is 9.73 Å². The van der Waals surface area contributed by atoms with E-state index in [0.29, 0.717) is 12.5 Å². The fraction of sp³-hybridized carbons (Fsp3) is 0.636. The number of hydrogen-bond acceptors (Lipinski definition) is 3. The molecule has 7 heteroatoms. The van der Waals surface area contributed by atoms with Gasteiger partial charge < -0.3 is 20.3 Å². The number of methoxy groups -OCH3 is 1. The van der Waals surface area contributed by atoms with Gasteiger partial charge >= 0.3 is 0 Å². The summed E-state index contributed by atoms with van der Waals surface area (Å²) in [5.74, 6) is 2.37. The van der Waals surface area contributed by atoms with E-state index in [1.54, 1.807) is 7.11 Å². The van der Waals surface area contributed by atoms with Crippen LogP contribution in [0, 0.1) is 5.92 Å². The second-order valence-corrected chi connectivity index (χ2v) is 7.72. The molecule has 1 unspecified atom stereocenters. The third-order valence-corrected chi connectivity index (χ3v) is 5.73. The number of amides is 1. The molecule has 1 atom stereocenters. The predicted molar refractivity (Wildman–Crippen MR) is 128 cm³/mol. The highest BCUT2D eigenvalue weighted by Gasteiger charge is 2.32. The van der Waals surface area contributed by atoms with E-state index in [0.717, 1.165) is 57.0 Å². The lowest BCUT2D eigenvalue weighted by molar-refractivity contribution is -0.134. The molecule has 6 nitrogen and oxygen atoms in total. The van der Waals surface area contributed by atoms with Gasteiger partial charge in [0.2, 0.25) is 5.91 Å². The number of likely N-dealkylation sites (tertiary alicyclic amines) is 1. The zero-order chi connectivity index (χ0) is 19.8. The fourth-order valence-corrected chi connectivity index (χ4v) is 4.22. The van der Waals surface area contributed by atoms with Crippen molar-refractivity contribution in [1.82, 2.24) is 15.5 Å². The second kappa shape index (κ2) is 12.2. The molecule has 0 bridgehead atoms. The molecule has 0 spiro atoms. The number of ether oxygens (including phenoxy) is 1. The van der Waals surface area contributed by atoms with E-state index in [1.165, 1.54) is 18.4 Å². The Morgan fingerprint density at radius 2 is 2.00 bits per heavy atom. The summed E-state index contributed by atoms with van der Waals surface area (Å²) in [6.07, 6.45) is 6.36. The second-order valence-electron chi connectivity index (χ2n) is 7.72. The quantitative estimate of drug-likeness (QED) is 0.333. The Balaban J connectivity index is 0.00000300. The van der Waals surface area contributed by atoms with E-state index in [9.17, 15) is 4.79 Å². The number of halogens is 1. The smallest absolute Gasteiger partial charge is 0.225 e. The normalized spacial score (nSPS) is 19.7. The Bertz CT molecular complexity index is 677. The molecule has 1 saturated heterocycles. The number of nitrogens with zero attached hydrogens (tertiary/aromatic N) is 2. The van der Waals surface area contributed by atoms with Gasteiger partial charge in [-0.25, -0.2) is 0 Å². The molecule has 2 fully saturated rings. The number of benzene rings is 1. The SMILES string of the molecule is CCNC(=NCCc1ccccc1OC)NC1CCN(C(=O)C2CCCC2)C1.I.